The van der Waals surface area contributed by atoms with Gasteiger partial charge in [-0.05, 0) is 19.1 Å². The third-order valence-electron chi connectivity index (χ3n) is 1.21. The second-order valence-electron chi connectivity index (χ2n) is 2.45. The Morgan fingerprint density at radius 3 is 2.73 bits per heavy atom. The standard InChI is InChI=1S/C9H11N.CH4/c1-8(2)7-9-5-3-4-6-10-9;/h3-6H,1,7H2,2H3;1H4. The summed E-state index contributed by atoms with van der Waals surface area (Å²) in [4.78, 5) is 4.16. The van der Waals surface area contributed by atoms with Gasteiger partial charge in [-0.25, -0.2) is 0 Å². The summed E-state index contributed by atoms with van der Waals surface area (Å²) < 4.78 is 0. The van der Waals surface area contributed by atoms with Crippen LogP contribution in [0.2, 0.25) is 0 Å². The van der Waals surface area contributed by atoms with Crippen molar-refractivity contribution < 1.29 is 0 Å². The Morgan fingerprint density at radius 1 is 1.55 bits per heavy atom. The smallest absolute Gasteiger partial charge is 0.0443 e. The minimum atomic E-state index is 0. The van der Waals surface area contributed by atoms with Crippen molar-refractivity contribution in [1.82, 2.24) is 4.98 Å². The van der Waals surface area contributed by atoms with Crippen LogP contribution in [0.5, 0.6) is 0 Å². The summed E-state index contributed by atoms with van der Waals surface area (Å²) in [6, 6.07) is 5.92. The van der Waals surface area contributed by atoms with Crippen LogP contribution < -0.4 is 0 Å². The lowest BCUT2D eigenvalue weighted by atomic mass is 10.2. The van der Waals surface area contributed by atoms with Crippen LogP contribution in [0.25, 0.3) is 0 Å². The largest absolute Gasteiger partial charge is 0.261 e. The fraction of sp³-hybridized carbons (Fsp3) is 0.300. The van der Waals surface area contributed by atoms with Crippen LogP contribution in [0.3, 0.4) is 0 Å². The Balaban J connectivity index is 0.000001000. The van der Waals surface area contributed by atoms with Gasteiger partial charge in [0.2, 0.25) is 0 Å². The average molecular weight is 149 g/mol. The van der Waals surface area contributed by atoms with Crippen molar-refractivity contribution in [1.29, 1.82) is 0 Å². The van der Waals surface area contributed by atoms with Gasteiger partial charge in [0.1, 0.15) is 0 Å². The average Bonchev–Trinajstić information content (AvgIpc) is 1.88. The molecule has 0 aromatic carbocycles. The van der Waals surface area contributed by atoms with E-state index in [2.05, 4.69) is 11.6 Å². The number of hydrogen-bond donors (Lipinski definition) is 0. The summed E-state index contributed by atoms with van der Waals surface area (Å²) in [6.45, 7) is 5.82. The van der Waals surface area contributed by atoms with E-state index in [0.29, 0.717) is 0 Å². The van der Waals surface area contributed by atoms with E-state index in [4.69, 9.17) is 0 Å². The highest BCUT2D eigenvalue weighted by atomic mass is 14.7. The number of nitrogens with zero attached hydrogens (tertiary/aromatic N) is 1. The van der Waals surface area contributed by atoms with Crippen molar-refractivity contribution in [3.8, 4) is 0 Å². The van der Waals surface area contributed by atoms with E-state index in [1.807, 2.05) is 25.1 Å². The maximum atomic E-state index is 4.16. The van der Waals surface area contributed by atoms with Crippen molar-refractivity contribution in [2.75, 3.05) is 0 Å². The molecule has 0 aliphatic carbocycles. The van der Waals surface area contributed by atoms with Gasteiger partial charge < -0.3 is 0 Å². The molecule has 0 fully saturated rings. The number of pyridine rings is 1. The topological polar surface area (TPSA) is 12.9 Å². The van der Waals surface area contributed by atoms with Crippen LogP contribution in [0.1, 0.15) is 20.0 Å². The first-order valence-electron chi connectivity index (χ1n) is 3.33. The second-order valence-corrected chi connectivity index (χ2v) is 2.45. The Hall–Kier alpha value is -1.11. The van der Waals surface area contributed by atoms with Crippen LogP contribution >= 0.6 is 0 Å². The maximum Gasteiger partial charge on any atom is 0.0443 e. The summed E-state index contributed by atoms with van der Waals surface area (Å²) in [5, 5.41) is 0. The van der Waals surface area contributed by atoms with Crippen molar-refractivity contribution in [3.63, 3.8) is 0 Å². The van der Waals surface area contributed by atoms with Crippen molar-refractivity contribution >= 4 is 0 Å². The van der Waals surface area contributed by atoms with E-state index in [9.17, 15) is 0 Å². The number of aromatic nitrogens is 1. The third kappa shape index (κ3) is 3.56. The summed E-state index contributed by atoms with van der Waals surface area (Å²) in [5.74, 6) is 0. The van der Waals surface area contributed by atoms with Gasteiger partial charge in [0.25, 0.3) is 0 Å². The first-order valence-corrected chi connectivity index (χ1v) is 3.33. The number of rotatable bonds is 2. The van der Waals surface area contributed by atoms with Crippen LogP contribution in [0, 0.1) is 0 Å². The first-order chi connectivity index (χ1) is 4.79. The van der Waals surface area contributed by atoms with Gasteiger partial charge in [0.05, 0.1) is 0 Å². The molecule has 1 rings (SSSR count). The Bertz CT molecular complexity index is 214. The summed E-state index contributed by atoms with van der Waals surface area (Å²) >= 11 is 0. The van der Waals surface area contributed by atoms with Gasteiger partial charge in [0.15, 0.2) is 0 Å². The molecule has 0 spiro atoms. The summed E-state index contributed by atoms with van der Waals surface area (Å²) in [6.07, 6.45) is 2.69. The zero-order chi connectivity index (χ0) is 7.40. The minimum Gasteiger partial charge on any atom is -0.261 e. The predicted octanol–water partition coefficient (Wildman–Crippen LogP) is 2.84. The lowest BCUT2D eigenvalue weighted by Gasteiger charge is -1.96. The Kier molecular flexibility index (Phi) is 4.20. The van der Waals surface area contributed by atoms with Gasteiger partial charge in [-0.2, -0.15) is 0 Å². The molecule has 1 heterocycles. The van der Waals surface area contributed by atoms with Gasteiger partial charge >= 0.3 is 0 Å². The predicted molar refractivity (Wildman–Crippen MR) is 49.5 cm³/mol. The molecule has 0 saturated carbocycles. The van der Waals surface area contributed by atoms with Crippen LogP contribution in [-0.2, 0) is 6.42 Å². The molecule has 1 aromatic heterocycles. The molecular formula is C10H15N. The minimum absolute atomic E-state index is 0. The number of hydrogen-bond acceptors (Lipinski definition) is 1. The van der Waals surface area contributed by atoms with Gasteiger partial charge in [-0.1, -0.05) is 25.6 Å². The van der Waals surface area contributed by atoms with Gasteiger partial charge in [-0.3, -0.25) is 4.98 Å². The molecule has 0 aliphatic rings. The van der Waals surface area contributed by atoms with E-state index >= 15 is 0 Å². The molecule has 1 heteroatoms. The summed E-state index contributed by atoms with van der Waals surface area (Å²) in [5.41, 5.74) is 2.24. The first kappa shape index (κ1) is 9.89. The van der Waals surface area contributed by atoms with Crippen molar-refractivity contribution in [3.05, 3.63) is 42.2 Å². The SMILES string of the molecule is C.C=C(C)Cc1ccccn1. The van der Waals surface area contributed by atoms with Crippen LogP contribution in [-0.4, -0.2) is 4.98 Å². The molecule has 1 nitrogen and oxygen atoms in total. The second kappa shape index (κ2) is 4.67. The summed E-state index contributed by atoms with van der Waals surface area (Å²) in [7, 11) is 0. The van der Waals surface area contributed by atoms with Gasteiger partial charge in [-0.15, -0.1) is 0 Å². The van der Waals surface area contributed by atoms with Crippen LogP contribution in [0.4, 0.5) is 0 Å². The quantitative estimate of drug-likeness (QED) is 0.589. The Labute approximate surface area is 68.8 Å². The Morgan fingerprint density at radius 2 is 2.27 bits per heavy atom. The molecule has 11 heavy (non-hydrogen) atoms. The molecular weight excluding hydrogens is 134 g/mol. The fourth-order valence-corrected chi connectivity index (χ4v) is 0.812. The van der Waals surface area contributed by atoms with E-state index in [0.717, 1.165) is 17.7 Å². The molecule has 1 aromatic rings. The molecule has 0 bridgehead atoms. The van der Waals surface area contributed by atoms with E-state index < -0.39 is 0 Å². The highest BCUT2D eigenvalue weighted by Crippen LogP contribution is 2.00. The van der Waals surface area contributed by atoms with E-state index in [-0.39, 0.29) is 7.43 Å². The monoisotopic (exact) mass is 149 g/mol. The van der Waals surface area contributed by atoms with Crippen LogP contribution in [0.15, 0.2) is 36.5 Å². The zero-order valence-electron chi connectivity index (χ0n) is 6.17. The van der Waals surface area contributed by atoms with Crippen molar-refractivity contribution in [2.24, 2.45) is 0 Å². The van der Waals surface area contributed by atoms with Crippen molar-refractivity contribution in [2.45, 2.75) is 20.8 Å². The molecule has 0 unspecified atom stereocenters. The fourth-order valence-electron chi connectivity index (χ4n) is 0.812. The molecule has 0 radical (unpaired) electrons. The number of allylic oxidation sites excluding steroid dienone is 1. The van der Waals surface area contributed by atoms with E-state index in [1.165, 1.54) is 0 Å². The van der Waals surface area contributed by atoms with E-state index in [1.54, 1.807) is 6.20 Å². The molecule has 0 saturated heterocycles. The molecule has 0 amide bonds. The maximum absolute atomic E-state index is 4.16. The third-order valence-corrected chi connectivity index (χ3v) is 1.21. The van der Waals surface area contributed by atoms with Gasteiger partial charge in [0, 0.05) is 18.3 Å². The lowest BCUT2D eigenvalue weighted by molar-refractivity contribution is 1.05. The molecule has 0 aliphatic heterocycles. The normalized spacial score (nSPS) is 8.45. The molecule has 0 N–H and O–H groups in total. The highest BCUT2D eigenvalue weighted by Gasteiger charge is 1.90. The molecule has 60 valence electrons. The zero-order valence-corrected chi connectivity index (χ0v) is 6.17. The lowest BCUT2D eigenvalue weighted by Crippen LogP contribution is -1.87. The molecule has 0 atom stereocenters. The highest BCUT2D eigenvalue weighted by molar-refractivity contribution is 5.10.